The molecule has 2 aromatic heterocycles. The molecular weight excluding hydrogens is 240 g/mol. The summed E-state index contributed by atoms with van der Waals surface area (Å²) in [5, 5.41) is 3.54. The van der Waals surface area contributed by atoms with E-state index in [1.54, 1.807) is 6.33 Å². The van der Waals surface area contributed by atoms with Gasteiger partial charge in [0, 0.05) is 6.04 Å². The summed E-state index contributed by atoms with van der Waals surface area (Å²) in [6, 6.07) is 0.405. The first-order chi connectivity index (χ1) is 9.06. The van der Waals surface area contributed by atoms with Crippen molar-refractivity contribution in [3.63, 3.8) is 0 Å². The monoisotopic (exact) mass is 260 g/mol. The van der Waals surface area contributed by atoms with Gasteiger partial charge in [0.25, 0.3) is 0 Å². The quantitative estimate of drug-likeness (QED) is 0.770. The Labute approximate surface area is 112 Å². The van der Waals surface area contributed by atoms with Crippen molar-refractivity contribution in [1.82, 2.24) is 19.9 Å². The van der Waals surface area contributed by atoms with Crippen LogP contribution < -0.4 is 11.1 Å². The van der Waals surface area contributed by atoms with Crippen molar-refractivity contribution in [2.75, 3.05) is 11.1 Å². The Morgan fingerprint density at radius 2 is 2.21 bits per heavy atom. The highest BCUT2D eigenvalue weighted by atomic mass is 15.1. The fraction of sp³-hybridized carbons (Fsp3) is 0.615. The summed E-state index contributed by atoms with van der Waals surface area (Å²) in [5.74, 6) is 1.02. The number of nitrogen functional groups attached to an aromatic ring is 1. The molecule has 2 aromatic rings. The van der Waals surface area contributed by atoms with Gasteiger partial charge in [-0.2, -0.15) is 9.97 Å². The van der Waals surface area contributed by atoms with Crippen molar-refractivity contribution in [2.24, 2.45) is 5.41 Å². The van der Waals surface area contributed by atoms with E-state index >= 15 is 0 Å². The zero-order chi connectivity index (χ0) is 13.5. The second-order valence-electron chi connectivity index (χ2n) is 5.96. The van der Waals surface area contributed by atoms with Gasteiger partial charge in [-0.15, -0.1) is 0 Å². The lowest BCUT2D eigenvalue weighted by Crippen LogP contribution is -2.39. The molecule has 2 heterocycles. The van der Waals surface area contributed by atoms with Gasteiger partial charge >= 0.3 is 0 Å². The molecule has 0 aromatic carbocycles. The van der Waals surface area contributed by atoms with Crippen LogP contribution in [0.1, 0.15) is 39.5 Å². The number of H-pyrrole nitrogens is 1. The van der Waals surface area contributed by atoms with Crippen molar-refractivity contribution in [3.05, 3.63) is 6.33 Å². The van der Waals surface area contributed by atoms with Gasteiger partial charge in [-0.1, -0.05) is 26.7 Å². The van der Waals surface area contributed by atoms with Crippen LogP contribution in [0.25, 0.3) is 11.2 Å². The summed E-state index contributed by atoms with van der Waals surface area (Å²) in [4.78, 5) is 15.6. The van der Waals surface area contributed by atoms with Crippen LogP contribution in [0.4, 0.5) is 11.8 Å². The number of aromatic amines is 1. The van der Waals surface area contributed by atoms with Crippen LogP contribution in [0.2, 0.25) is 0 Å². The molecule has 0 amide bonds. The van der Waals surface area contributed by atoms with Crippen LogP contribution in [-0.2, 0) is 0 Å². The fourth-order valence-electron chi connectivity index (χ4n) is 2.88. The summed E-state index contributed by atoms with van der Waals surface area (Å²) >= 11 is 0. The van der Waals surface area contributed by atoms with Gasteiger partial charge in [0.2, 0.25) is 5.95 Å². The van der Waals surface area contributed by atoms with E-state index in [9.17, 15) is 0 Å². The van der Waals surface area contributed by atoms with E-state index in [4.69, 9.17) is 5.73 Å². The minimum atomic E-state index is 0.260. The summed E-state index contributed by atoms with van der Waals surface area (Å²) in [7, 11) is 0. The molecule has 6 heteroatoms. The van der Waals surface area contributed by atoms with E-state index in [-0.39, 0.29) is 11.4 Å². The molecule has 1 aliphatic carbocycles. The second kappa shape index (κ2) is 4.36. The third-order valence-corrected chi connectivity index (χ3v) is 4.12. The van der Waals surface area contributed by atoms with Crippen molar-refractivity contribution in [2.45, 2.75) is 45.6 Å². The molecule has 0 radical (unpaired) electrons. The number of hydrogen-bond donors (Lipinski definition) is 3. The Balaban J connectivity index is 1.94. The average molecular weight is 260 g/mol. The molecule has 6 nitrogen and oxygen atoms in total. The molecule has 1 unspecified atom stereocenters. The lowest BCUT2D eigenvalue weighted by molar-refractivity contribution is 0.217. The fourth-order valence-corrected chi connectivity index (χ4v) is 2.88. The topological polar surface area (TPSA) is 92.5 Å². The predicted octanol–water partition coefficient (Wildman–Crippen LogP) is 2.32. The molecule has 1 fully saturated rings. The van der Waals surface area contributed by atoms with Crippen LogP contribution in [0.5, 0.6) is 0 Å². The standard InChI is InChI=1S/C13H20N6/c1-13(2)6-4-3-5-8(13)17-11-9-10(16-7-15-9)18-12(14)19-11/h7-8H,3-6H2,1-2H3,(H4,14,15,16,17,18,19). The van der Waals surface area contributed by atoms with Crippen molar-refractivity contribution in [3.8, 4) is 0 Å². The molecule has 102 valence electrons. The number of rotatable bonds is 2. The van der Waals surface area contributed by atoms with Crippen LogP contribution in [-0.4, -0.2) is 26.0 Å². The number of hydrogen-bond acceptors (Lipinski definition) is 5. The first-order valence-electron chi connectivity index (χ1n) is 6.79. The third-order valence-electron chi connectivity index (χ3n) is 4.12. The number of anilines is 2. The largest absolute Gasteiger partial charge is 0.368 e. The van der Waals surface area contributed by atoms with Crippen LogP contribution >= 0.6 is 0 Å². The van der Waals surface area contributed by atoms with Crippen LogP contribution in [0.15, 0.2) is 6.33 Å². The smallest absolute Gasteiger partial charge is 0.224 e. The summed E-state index contributed by atoms with van der Waals surface area (Å²) in [6.07, 6.45) is 6.57. The number of fused-ring (bicyclic) bond motifs is 1. The zero-order valence-electron chi connectivity index (χ0n) is 11.4. The lowest BCUT2D eigenvalue weighted by atomic mass is 9.73. The Morgan fingerprint density at radius 3 is 3.00 bits per heavy atom. The molecule has 0 bridgehead atoms. The first kappa shape index (κ1) is 12.2. The highest BCUT2D eigenvalue weighted by Gasteiger charge is 2.32. The van der Waals surface area contributed by atoms with Gasteiger partial charge in [-0.3, -0.25) is 0 Å². The molecule has 1 aliphatic rings. The number of aromatic nitrogens is 4. The Hall–Kier alpha value is -1.85. The molecule has 0 spiro atoms. The molecule has 1 saturated carbocycles. The van der Waals surface area contributed by atoms with Gasteiger partial charge in [0.15, 0.2) is 11.5 Å². The van der Waals surface area contributed by atoms with E-state index in [1.807, 2.05) is 0 Å². The molecule has 0 saturated heterocycles. The molecule has 0 aliphatic heterocycles. The molecule has 1 atom stereocenters. The van der Waals surface area contributed by atoms with E-state index in [1.165, 1.54) is 19.3 Å². The summed E-state index contributed by atoms with van der Waals surface area (Å²) in [5.41, 5.74) is 7.45. The number of nitrogens with two attached hydrogens (primary N) is 1. The van der Waals surface area contributed by atoms with E-state index in [2.05, 4.69) is 39.1 Å². The maximum Gasteiger partial charge on any atom is 0.224 e. The van der Waals surface area contributed by atoms with Gasteiger partial charge in [-0.25, -0.2) is 4.98 Å². The maximum atomic E-state index is 5.74. The average Bonchev–Trinajstić information content (AvgIpc) is 2.79. The van der Waals surface area contributed by atoms with Crippen LogP contribution in [0, 0.1) is 5.41 Å². The van der Waals surface area contributed by atoms with Gasteiger partial charge in [-0.05, 0) is 18.3 Å². The predicted molar refractivity (Wildman–Crippen MR) is 75.8 cm³/mol. The van der Waals surface area contributed by atoms with E-state index in [0.29, 0.717) is 11.7 Å². The highest BCUT2D eigenvalue weighted by Crippen LogP contribution is 2.37. The first-order valence-corrected chi connectivity index (χ1v) is 6.79. The van der Waals surface area contributed by atoms with Crippen molar-refractivity contribution >= 4 is 22.9 Å². The normalized spacial score (nSPS) is 22.5. The second-order valence-corrected chi connectivity index (χ2v) is 5.96. The van der Waals surface area contributed by atoms with E-state index < -0.39 is 0 Å². The Morgan fingerprint density at radius 1 is 1.37 bits per heavy atom. The molecule has 4 N–H and O–H groups in total. The van der Waals surface area contributed by atoms with Crippen molar-refractivity contribution in [1.29, 1.82) is 0 Å². The minimum Gasteiger partial charge on any atom is -0.368 e. The number of imidazole rings is 1. The van der Waals surface area contributed by atoms with Crippen molar-refractivity contribution < 1.29 is 0 Å². The Bertz CT molecular complexity index is 588. The van der Waals surface area contributed by atoms with E-state index in [0.717, 1.165) is 17.8 Å². The van der Waals surface area contributed by atoms with Gasteiger partial charge < -0.3 is 16.0 Å². The number of nitrogens with zero attached hydrogens (tertiary/aromatic N) is 3. The highest BCUT2D eigenvalue weighted by molar-refractivity contribution is 5.83. The lowest BCUT2D eigenvalue weighted by Gasteiger charge is -2.39. The minimum absolute atomic E-state index is 0.260. The maximum absolute atomic E-state index is 5.74. The molecule has 3 rings (SSSR count). The molecule has 19 heavy (non-hydrogen) atoms. The summed E-state index contributed by atoms with van der Waals surface area (Å²) < 4.78 is 0. The van der Waals surface area contributed by atoms with Crippen LogP contribution in [0.3, 0.4) is 0 Å². The van der Waals surface area contributed by atoms with Gasteiger partial charge in [0.1, 0.15) is 5.52 Å². The molecular formula is C13H20N6. The Kier molecular flexibility index (Phi) is 2.80. The SMILES string of the molecule is CC1(C)CCCCC1Nc1nc(N)nc2nc[nH]c12. The van der Waals surface area contributed by atoms with Gasteiger partial charge in [0.05, 0.1) is 6.33 Å². The summed E-state index contributed by atoms with van der Waals surface area (Å²) in [6.45, 7) is 4.61. The zero-order valence-corrected chi connectivity index (χ0v) is 11.4. The third kappa shape index (κ3) is 2.22. The number of nitrogens with one attached hydrogen (secondary N) is 2.